The number of hydrogen-bond donors (Lipinski definition) is 4. The van der Waals surface area contributed by atoms with E-state index in [9.17, 15) is 22.8 Å². The molecule has 0 saturated carbocycles. The summed E-state index contributed by atoms with van der Waals surface area (Å²) in [5, 5.41) is 12.1. The summed E-state index contributed by atoms with van der Waals surface area (Å²) in [6.45, 7) is 5.23. The Morgan fingerprint density at radius 2 is 1.52 bits per heavy atom. The van der Waals surface area contributed by atoms with Gasteiger partial charge in [-0.2, -0.15) is 28.1 Å². The Hall–Kier alpha value is -4.34. The van der Waals surface area contributed by atoms with E-state index in [1.165, 1.54) is 0 Å². The Bertz CT molecular complexity index is 1410. The number of nitrogens with one attached hydrogen (secondary N) is 4. The largest absolute Gasteiger partial charge is 0.494 e. The Kier molecular flexibility index (Phi) is 13.7. The maximum Gasteiger partial charge on any atom is 0.422 e. The summed E-state index contributed by atoms with van der Waals surface area (Å²) >= 11 is 3.35. The molecule has 0 bridgehead atoms. The summed E-state index contributed by atoms with van der Waals surface area (Å²) in [6, 6.07) is 13.1. The molecule has 2 aromatic carbocycles. The van der Waals surface area contributed by atoms with Gasteiger partial charge in [-0.3, -0.25) is 4.79 Å². The zero-order chi connectivity index (χ0) is 33.6. The second kappa shape index (κ2) is 17.4. The van der Waals surface area contributed by atoms with Gasteiger partial charge in [0.1, 0.15) is 11.4 Å². The van der Waals surface area contributed by atoms with Crippen LogP contribution in [0.4, 0.5) is 35.5 Å². The second-order valence-corrected chi connectivity index (χ2v) is 11.6. The van der Waals surface area contributed by atoms with Crippen molar-refractivity contribution in [1.82, 2.24) is 25.6 Å². The normalized spacial score (nSPS) is 11.4. The van der Waals surface area contributed by atoms with E-state index in [0.717, 1.165) is 23.1 Å². The average molecular weight is 713 g/mol. The fourth-order valence-corrected chi connectivity index (χ4v) is 3.79. The van der Waals surface area contributed by atoms with Gasteiger partial charge in [0.15, 0.2) is 6.61 Å². The molecule has 0 fully saturated rings. The predicted octanol–water partition coefficient (Wildman–Crippen LogP) is 5.98. The van der Waals surface area contributed by atoms with Gasteiger partial charge in [-0.25, -0.2) is 4.79 Å². The lowest BCUT2D eigenvalue weighted by Gasteiger charge is -2.19. The van der Waals surface area contributed by atoms with Crippen molar-refractivity contribution >= 4 is 45.5 Å². The van der Waals surface area contributed by atoms with Crippen molar-refractivity contribution in [2.45, 2.75) is 51.9 Å². The second-order valence-electron chi connectivity index (χ2n) is 10.8. The van der Waals surface area contributed by atoms with Crippen molar-refractivity contribution in [3.8, 4) is 11.8 Å². The molecule has 250 valence electrons. The van der Waals surface area contributed by atoms with Gasteiger partial charge in [-0.05, 0) is 75.6 Å². The lowest BCUT2D eigenvalue weighted by Crippen LogP contribution is -2.34. The molecule has 1 heterocycles. The van der Waals surface area contributed by atoms with Gasteiger partial charge in [0.2, 0.25) is 11.9 Å². The smallest absolute Gasteiger partial charge is 0.422 e. The number of alkyl carbamates (subject to hydrolysis) is 1. The highest BCUT2D eigenvalue weighted by Gasteiger charge is 2.29. The van der Waals surface area contributed by atoms with Crippen molar-refractivity contribution in [3.05, 3.63) is 59.7 Å². The van der Waals surface area contributed by atoms with Crippen molar-refractivity contribution in [3.63, 3.8) is 0 Å². The number of ether oxygens (including phenoxy) is 3. The summed E-state index contributed by atoms with van der Waals surface area (Å²) in [6.07, 6.45) is -3.75. The lowest BCUT2D eigenvalue weighted by atomic mass is 10.2. The number of alkyl halides is 4. The van der Waals surface area contributed by atoms with E-state index in [0.29, 0.717) is 37.4 Å². The zero-order valence-electron chi connectivity index (χ0n) is 25.7. The maximum absolute atomic E-state index is 12.8. The molecule has 0 radical (unpaired) electrons. The summed E-state index contributed by atoms with van der Waals surface area (Å²) in [5.74, 6) is 0.316. The van der Waals surface area contributed by atoms with Crippen LogP contribution in [0, 0.1) is 0 Å². The molecule has 0 atom stereocenters. The molecule has 46 heavy (non-hydrogen) atoms. The third kappa shape index (κ3) is 14.2. The average Bonchev–Trinajstić information content (AvgIpc) is 2.98. The molecule has 1 aromatic heterocycles. The highest BCUT2D eigenvalue weighted by atomic mass is 79.9. The molecule has 0 saturated heterocycles. The van der Waals surface area contributed by atoms with Crippen LogP contribution in [0.1, 0.15) is 49.5 Å². The van der Waals surface area contributed by atoms with Crippen molar-refractivity contribution in [2.75, 3.05) is 42.3 Å². The van der Waals surface area contributed by atoms with Gasteiger partial charge in [-0.1, -0.05) is 28.1 Å². The number of halogens is 4. The minimum absolute atomic E-state index is 0.00974. The van der Waals surface area contributed by atoms with Gasteiger partial charge in [-0.15, -0.1) is 0 Å². The number of anilines is 3. The zero-order valence-corrected chi connectivity index (χ0v) is 27.3. The topological polar surface area (TPSA) is 149 Å². The molecular weight excluding hydrogens is 675 g/mol. The first-order valence-corrected chi connectivity index (χ1v) is 15.5. The van der Waals surface area contributed by atoms with E-state index in [4.69, 9.17) is 14.2 Å². The third-order valence-electron chi connectivity index (χ3n) is 5.61. The number of rotatable bonds is 16. The fraction of sp³-hybridized carbons (Fsp3) is 0.433. The van der Waals surface area contributed by atoms with Crippen LogP contribution in [0.3, 0.4) is 0 Å². The highest BCUT2D eigenvalue weighted by Crippen LogP contribution is 2.21. The number of nitrogens with zero attached hydrogens (tertiary/aromatic N) is 3. The first-order valence-electron chi connectivity index (χ1n) is 14.4. The van der Waals surface area contributed by atoms with Gasteiger partial charge in [0.05, 0.1) is 6.61 Å². The standard InChI is InChI=1S/C30H37BrF3N7O5/c1-29(2,3)46-28(43)36-16-5-15-35-24(42)21-8-10-22(11-9-21)38-26-39-25(40-27(41-26)45-19-30(32,33)34)37-18-20-6-12-23(13-7-20)44-17-4-14-31/h6-13H,4-5,14-19H2,1-3H3,(H,35,42)(H,36,43)(H2,37,38,39,40,41). The molecule has 0 aliphatic heterocycles. The first kappa shape index (κ1) is 36.1. The van der Waals surface area contributed by atoms with Crippen LogP contribution in [-0.4, -0.2) is 70.4 Å². The molecule has 3 aromatic rings. The monoisotopic (exact) mass is 711 g/mol. The van der Waals surface area contributed by atoms with Gasteiger partial charge in [0.25, 0.3) is 5.91 Å². The predicted molar refractivity (Wildman–Crippen MR) is 170 cm³/mol. The molecule has 0 unspecified atom stereocenters. The summed E-state index contributed by atoms with van der Waals surface area (Å²) in [4.78, 5) is 36.3. The van der Waals surface area contributed by atoms with E-state index < -0.39 is 30.5 Å². The van der Waals surface area contributed by atoms with Gasteiger partial charge in [0, 0.05) is 36.2 Å². The highest BCUT2D eigenvalue weighted by molar-refractivity contribution is 9.09. The van der Waals surface area contributed by atoms with Crippen molar-refractivity contribution in [1.29, 1.82) is 0 Å². The Morgan fingerprint density at radius 3 is 2.17 bits per heavy atom. The van der Waals surface area contributed by atoms with E-state index >= 15 is 0 Å². The molecule has 12 nitrogen and oxygen atoms in total. The Labute approximate surface area is 273 Å². The van der Waals surface area contributed by atoms with Gasteiger partial charge >= 0.3 is 18.3 Å². The summed E-state index contributed by atoms with van der Waals surface area (Å²) < 4.78 is 54.0. The van der Waals surface area contributed by atoms with Crippen molar-refractivity contribution < 1.29 is 37.0 Å². The van der Waals surface area contributed by atoms with E-state index in [2.05, 4.69) is 52.1 Å². The van der Waals surface area contributed by atoms with Crippen LogP contribution in [0.2, 0.25) is 0 Å². The number of aromatic nitrogens is 3. The number of carbonyl (C=O) groups excluding carboxylic acids is 2. The van der Waals surface area contributed by atoms with Gasteiger partial charge < -0.3 is 35.5 Å². The molecule has 4 N–H and O–H groups in total. The van der Waals surface area contributed by atoms with Crippen LogP contribution in [0.15, 0.2) is 48.5 Å². The molecule has 16 heteroatoms. The van der Waals surface area contributed by atoms with Crippen LogP contribution in [0.25, 0.3) is 0 Å². The van der Waals surface area contributed by atoms with Crippen LogP contribution >= 0.6 is 15.9 Å². The molecule has 0 aliphatic carbocycles. The van der Waals surface area contributed by atoms with Crippen molar-refractivity contribution in [2.24, 2.45) is 0 Å². The molecule has 0 aliphatic rings. The summed E-state index contributed by atoms with van der Waals surface area (Å²) in [7, 11) is 0. The third-order valence-corrected chi connectivity index (χ3v) is 6.17. The number of amides is 2. The maximum atomic E-state index is 12.8. The van der Waals surface area contributed by atoms with E-state index in [-0.39, 0.29) is 24.3 Å². The van der Waals surface area contributed by atoms with E-state index in [1.807, 2.05) is 24.3 Å². The van der Waals surface area contributed by atoms with Crippen LogP contribution in [0.5, 0.6) is 11.8 Å². The quantitative estimate of drug-likeness (QED) is 0.103. The lowest BCUT2D eigenvalue weighted by molar-refractivity contribution is -0.154. The number of hydrogen-bond acceptors (Lipinski definition) is 10. The minimum Gasteiger partial charge on any atom is -0.494 e. The minimum atomic E-state index is -4.59. The Balaban J connectivity index is 1.57. The SMILES string of the molecule is CC(C)(C)OC(=O)NCCCNC(=O)c1ccc(Nc2nc(NCc3ccc(OCCCBr)cc3)nc(OCC(F)(F)F)n2)cc1. The van der Waals surface area contributed by atoms with Crippen LogP contribution in [-0.2, 0) is 11.3 Å². The molecule has 0 spiro atoms. The molecule has 2 amide bonds. The summed E-state index contributed by atoms with van der Waals surface area (Å²) in [5.41, 5.74) is 1.10. The van der Waals surface area contributed by atoms with Crippen LogP contribution < -0.4 is 30.7 Å². The number of benzene rings is 2. The fourth-order valence-electron chi connectivity index (χ4n) is 3.56. The van der Waals surface area contributed by atoms with E-state index in [1.54, 1.807) is 45.0 Å². The first-order chi connectivity index (χ1) is 21.8. The number of carbonyl (C=O) groups is 2. The Morgan fingerprint density at radius 1 is 0.848 bits per heavy atom. The molecule has 3 rings (SSSR count). The molecular formula is C30H37BrF3N7O5.